The first kappa shape index (κ1) is 43.6. The predicted octanol–water partition coefficient (Wildman–Crippen LogP) is 10.6. The second-order valence-corrected chi connectivity index (χ2v) is 15.9. The molecule has 2 aliphatic rings. The zero-order valence-corrected chi connectivity index (χ0v) is 34.9. The number of carbonyl (C=O) groups is 2. The van der Waals surface area contributed by atoms with E-state index in [-0.39, 0.29) is 13.2 Å². The maximum Gasteiger partial charge on any atom is 0.329 e. The Kier molecular flexibility index (Phi) is 15.7. The fourth-order valence-electron chi connectivity index (χ4n) is 8.36. The van der Waals surface area contributed by atoms with Crippen molar-refractivity contribution in [2.75, 3.05) is 36.2 Å². The van der Waals surface area contributed by atoms with E-state index < -0.39 is 11.9 Å². The molecule has 0 saturated heterocycles. The minimum atomic E-state index is -0.915. The number of aliphatic carboxylic acids is 2. The number of rotatable bonds is 16. The Hall–Kier alpha value is -6.50. The Balaban J connectivity index is 0.000000186. The molecule has 12 nitrogen and oxygen atoms in total. The predicted molar refractivity (Wildman–Crippen MR) is 240 cm³/mol. The Morgan fingerprint density at radius 1 is 0.468 bits per heavy atom. The second-order valence-electron chi connectivity index (χ2n) is 15.9. The summed E-state index contributed by atoms with van der Waals surface area (Å²) in [6.45, 7) is 0.589. The van der Waals surface area contributed by atoms with E-state index in [1.807, 2.05) is 97.6 Å². The van der Waals surface area contributed by atoms with Crippen molar-refractivity contribution in [1.82, 2.24) is 19.9 Å². The highest BCUT2D eigenvalue weighted by atomic mass is 16.5. The topological polar surface area (TPSA) is 151 Å². The fourth-order valence-corrected chi connectivity index (χ4v) is 8.36. The number of carboxylic acids is 2. The van der Waals surface area contributed by atoms with Gasteiger partial charge in [0.2, 0.25) is 0 Å². The number of nitrogens with zero attached hydrogens (tertiary/aromatic N) is 6. The van der Waals surface area contributed by atoms with Gasteiger partial charge in [-0.3, -0.25) is 19.8 Å². The number of benzene rings is 4. The summed E-state index contributed by atoms with van der Waals surface area (Å²) in [6.07, 6.45) is 15.5. The molecule has 2 heterocycles. The number of ether oxygens (including phenoxy) is 2. The molecule has 2 aromatic heterocycles. The lowest BCUT2D eigenvalue weighted by Gasteiger charge is -2.29. The Morgan fingerprint density at radius 2 is 0.774 bits per heavy atom. The monoisotopic (exact) mass is 834 g/mol. The summed E-state index contributed by atoms with van der Waals surface area (Å²) in [4.78, 5) is 44.6. The lowest BCUT2D eigenvalue weighted by atomic mass is 9.81. The van der Waals surface area contributed by atoms with Crippen molar-refractivity contribution in [3.63, 3.8) is 0 Å². The molecule has 2 aliphatic carbocycles. The third-order valence-corrected chi connectivity index (χ3v) is 11.5. The quantitative estimate of drug-likeness (QED) is 0.0955. The average Bonchev–Trinajstić information content (AvgIpc) is 3.31. The number of hydrogen-bond acceptors (Lipinski definition) is 10. The summed E-state index contributed by atoms with van der Waals surface area (Å²) in [5.41, 5.74) is 6.19. The lowest BCUT2D eigenvalue weighted by Crippen LogP contribution is -2.21. The van der Waals surface area contributed by atoms with E-state index in [4.69, 9.17) is 29.7 Å². The number of aromatic nitrogens is 4. The van der Waals surface area contributed by atoms with E-state index >= 15 is 0 Å². The van der Waals surface area contributed by atoms with Crippen LogP contribution in [-0.4, -0.2) is 68.5 Å². The third-order valence-electron chi connectivity index (χ3n) is 11.5. The molecule has 0 spiro atoms. The molecule has 4 aromatic carbocycles. The van der Waals surface area contributed by atoms with Crippen LogP contribution in [0, 0.1) is 11.8 Å². The van der Waals surface area contributed by atoms with Crippen LogP contribution < -0.4 is 9.80 Å². The summed E-state index contributed by atoms with van der Waals surface area (Å²) in [7, 11) is 0. The normalized spacial score (nSPS) is 18.5. The average molecular weight is 835 g/mol. The molecule has 2 fully saturated rings. The van der Waals surface area contributed by atoms with Crippen molar-refractivity contribution in [3.8, 4) is 0 Å². The van der Waals surface area contributed by atoms with E-state index in [0.29, 0.717) is 36.9 Å². The number of para-hydroxylation sites is 4. The zero-order chi connectivity index (χ0) is 42.9. The largest absolute Gasteiger partial charge is 0.480 e. The summed E-state index contributed by atoms with van der Waals surface area (Å²) in [6, 6.07) is 40.8. The van der Waals surface area contributed by atoms with Crippen LogP contribution in [-0.2, 0) is 19.1 Å². The van der Waals surface area contributed by atoms with E-state index in [9.17, 15) is 9.59 Å². The molecule has 2 N–H and O–H groups in total. The van der Waals surface area contributed by atoms with Gasteiger partial charge in [-0.15, -0.1) is 0 Å². The number of anilines is 6. The van der Waals surface area contributed by atoms with Crippen molar-refractivity contribution in [3.05, 3.63) is 158 Å². The maximum atomic E-state index is 10.6. The maximum absolute atomic E-state index is 10.6. The standard InChI is InChI=1S/2C25H27N3O3/c2*29-25(30)18-31-17-19-11-13-20(14-12-19)23-15-26-16-24(27-23)28(21-7-3-1-4-8-21)22-9-5-2-6-10-22/h2*1-10,15-16,19-20H,11-14,17-18H2,(H,29,30). The smallest absolute Gasteiger partial charge is 0.329 e. The molecule has 0 unspecified atom stereocenters. The minimum absolute atomic E-state index is 0.220. The molecular formula is C50H54N6O6. The van der Waals surface area contributed by atoms with E-state index in [1.54, 1.807) is 0 Å². The zero-order valence-electron chi connectivity index (χ0n) is 34.9. The molecule has 2 saturated carbocycles. The highest BCUT2D eigenvalue weighted by Gasteiger charge is 2.27. The van der Waals surface area contributed by atoms with Gasteiger partial charge in [0.15, 0.2) is 11.6 Å². The number of carboxylic acid groups (broad SMARTS) is 2. The van der Waals surface area contributed by atoms with Gasteiger partial charge >= 0.3 is 11.9 Å². The Labute approximate surface area is 363 Å². The van der Waals surface area contributed by atoms with Crippen molar-refractivity contribution in [1.29, 1.82) is 0 Å². The molecule has 0 atom stereocenters. The minimum Gasteiger partial charge on any atom is -0.480 e. The van der Waals surface area contributed by atoms with Crippen LogP contribution in [0.2, 0.25) is 0 Å². The second kappa shape index (κ2) is 22.4. The van der Waals surface area contributed by atoms with E-state index in [2.05, 4.69) is 68.3 Å². The van der Waals surface area contributed by atoms with Gasteiger partial charge in [-0.05, 0) is 112 Å². The lowest BCUT2D eigenvalue weighted by molar-refractivity contribution is -0.143. The molecule has 12 heteroatoms. The summed E-state index contributed by atoms with van der Waals surface area (Å²) in [5, 5.41) is 17.4. The fraction of sp³-hybridized carbons (Fsp3) is 0.320. The molecule has 6 aromatic rings. The first-order valence-corrected chi connectivity index (χ1v) is 21.4. The van der Waals surface area contributed by atoms with Crippen molar-refractivity contribution >= 4 is 46.3 Å². The molecule has 0 amide bonds. The van der Waals surface area contributed by atoms with Crippen LogP contribution in [0.1, 0.15) is 74.6 Å². The van der Waals surface area contributed by atoms with Crippen LogP contribution in [0.15, 0.2) is 146 Å². The molecule has 0 aliphatic heterocycles. The van der Waals surface area contributed by atoms with Gasteiger partial charge in [0, 0.05) is 47.0 Å². The first-order chi connectivity index (χ1) is 30.4. The van der Waals surface area contributed by atoms with Crippen molar-refractivity contribution in [2.24, 2.45) is 11.8 Å². The highest BCUT2D eigenvalue weighted by molar-refractivity contribution is 5.75. The van der Waals surface area contributed by atoms with Crippen molar-refractivity contribution < 1.29 is 29.3 Å². The number of hydrogen-bond donors (Lipinski definition) is 2. The molecular weight excluding hydrogens is 781 g/mol. The van der Waals surface area contributed by atoms with Gasteiger partial charge in [0.1, 0.15) is 13.2 Å². The van der Waals surface area contributed by atoms with Gasteiger partial charge in [-0.1, -0.05) is 72.8 Å². The van der Waals surface area contributed by atoms with Crippen molar-refractivity contribution in [2.45, 2.75) is 63.2 Å². The molecule has 0 bridgehead atoms. The van der Waals surface area contributed by atoms with Gasteiger partial charge in [-0.25, -0.2) is 19.6 Å². The Morgan fingerprint density at radius 3 is 1.06 bits per heavy atom. The van der Waals surface area contributed by atoms with Gasteiger partial charge < -0.3 is 19.7 Å². The first-order valence-electron chi connectivity index (χ1n) is 21.4. The third kappa shape index (κ3) is 12.3. The molecule has 8 rings (SSSR count). The van der Waals surface area contributed by atoms with Gasteiger partial charge in [0.05, 0.1) is 37.0 Å². The van der Waals surface area contributed by atoms with Gasteiger partial charge in [-0.2, -0.15) is 0 Å². The molecule has 320 valence electrons. The summed E-state index contributed by atoms with van der Waals surface area (Å²) >= 11 is 0. The molecule has 0 radical (unpaired) electrons. The van der Waals surface area contributed by atoms with Crippen LogP contribution >= 0.6 is 0 Å². The van der Waals surface area contributed by atoms with Crippen LogP contribution in [0.5, 0.6) is 0 Å². The summed E-state index contributed by atoms with van der Waals surface area (Å²) < 4.78 is 10.6. The Bertz CT molecular complexity index is 2030. The van der Waals surface area contributed by atoms with Crippen LogP contribution in [0.3, 0.4) is 0 Å². The van der Waals surface area contributed by atoms with Crippen LogP contribution in [0.4, 0.5) is 34.4 Å². The molecule has 62 heavy (non-hydrogen) atoms. The summed E-state index contributed by atoms with van der Waals surface area (Å²) in [5.74, 6) is 1.33. The van der Waals surface area contributed by atoms with E-state index in [0.717, 1.165) is 97.1 Å². The SMILES string of the molecule is O=C(O)COCC1CCC(c2cncc(N(c3ccccc3)c3ccccc3)n2)CC1.O=C(O)COCC1CCC(c2cncc(N(c3ccccc3)c3ccccc3)n2)CC1. The highest BCUT2D eigenvalue weighted by Crippen LogP contribution is 2.39. The van der Waals surface area contributed by atoms with Crippen LogP contribution in [0.25, 0.3) is 0 Å². The van der Waals surface area contributed by atoms with E-state index in [1.165, 1.54) is 0 Å². The van der Waals surface area contributed by atoms with Gasteiger partial charge in [0.25, 0.3) is 0 Å².